The summed E-state index contributed by atoms with van der Waals surface area (Å²) in [7, 11) is 0. The molecular formula is C17H10FNOS. The number of pyridine rings is 1. The van der Waals surface area contributed by atoms with Gasteiger partial charge in [-0.2, -0.15) is 0 Å². The van der Waals surface area contributed by atoms with Crippen LogP contribution >= 0.6 is 11.3 Å². The standard InChI is InChI=1S/C17H10FNOS/c18-11-5-7-12(8-6-11)19-14-4-2-1-3-13(14)16(20)17-15(19)9-10-21-17/h1-10H. The minimum atomic E-state index is -0.273. The van der Waals surface area contributed by atoms with Crippen molar-refractivity contribution in [1.29, 1.82) is 0 Å². The summed E-state index contributed by atoms with van der Waals surface area (Å²) in [6, 6.07) is 15.7. The lowest BCUT2D eigenvalue weighted by atomic mass is 10.1. The Morgan fingerprint density at radius 3 is 2.48 bits per heavy atom. The number of fused-ring (bicyclic) bond motifs is 2. The van der Waals surface area contributed by atoms with Crippen molar-refractivity contribution in [2.45, 2.75) is 0 Å². The van der Waals surface area contributed by atoms with Crippen LogP contribution in [0.25, 0.3) is 26.8 Å². The molecule has 0 unspecified atom stereocenters. The van der Waals surface area contributed by atoms with Crippen LogP contribution in [-0.2, 0) is 0 Å². The second kappa shape index (κ2) is 4.53. The Hall–Kier alpha value is -2.46. The summed E-state index contributed by atoms with van der Waals surface area (Å²) in [6.45, 7) is 0. The van der Waals surface area contributed by atoms with Crippen molar-refractivity contribution < 1.29 is 4.39 Å². The molecule has 2 heterocycles. The molecule has 0 radical (unpaired) electrons. The van der Waals surface area contributed by atoms with E-state index in [4.69, 9.17) is 0 Å². The molecule has 0 N–H and O–H groups in total. The van der Waals surface area contributed by atoms with E-state index in [2.05, 4.69) is 0 Å². The fourth-order valence-corrected chi connectivity index (χ4v) is 3.46. The van der Waals surface area contributed by atoms with Crippen molar-refractivity contribution in [3.05, 3.63) is 76.0 Å². The quantitative estimate of drug-likeness (QED) is 0.512. The molecule has 21 heavy (non-hydrogen) atoms. The zero-order valence-corrected chi connectivity index (χ0v) is 11.7. The topological polar surface area (TPSA) is 22.0 Å². The molecule has 0 saturated carbocycles. The lowest BCUT2D eigenvalue weighted by molar-refractivity contribution is 0.627. The average Bonchev–Trinajstić information content (AvgIpc) is 2.99. The van der Waals surface area contributed by atoms with Gasteiger partial charge in [-0.3, -0.25) is 4.79 Å². The van der Waals surface area contributed by atoms with Crippen molar-refractivity contribution in [2.24, 2.45) is 0 Å². The molecule has 0 aliphatic rings. The summed E-state index contributed by atoms with van der Waals surface area (Å²) in [6.07, 6.45) is 0. The van der Waals surface area contributed by atoms with E-state index in [0.29, 0.717) is 5.39 Å². The predicted molar refractivity (Wildman–Crippen MR) is 84.9 cm³/mol. The number of halogens is 1. The van der Waals surface area contributed by atoms with Crippen LogP contribution in [0, 0.1) is 5.82 Å². The number of rotatable bonds is 1. The third-order valence-electron chi connectivity index (χ3n) is 3.57. The first-order valence-corrected chi connectivity index (χ1v) is 7.40. The first kappa shape index (κ1) is 12.3. The van der Waals surface area contributed by atoms with Crippen molar-refractivity contribution in [2.75, 3.05) is 0 Å². The van der Waals surface area contributed by atoms with Crippen molar-refractivity contribution >= 4 is 32.5 Å². The van der Waals surface area contributed by atoms with Crippen LogP contribution in [0.15, 0.2) is 64.8 Å². The van der Waals surface area contributed by atoms with Crippen LogP contribution in [0.3, 0.4) is 0 Å². The summed E-state index contributed by atoms with van der Waals surface area (Å²) in [5.41, 5.74) is 2.58. The minimum Gasteiger partial charge on any atom is -0.308 e. The molecule has 4 heteroatoms. The van der Waals surface area contributed by atoms with Crippen molar-refractivity contribution in [3.63, 3.8) is 0 Å². The summed E-state index contributed by atoms with van der Waals surface area (Å²) in [5, 5.41) is 2.59. The van der Waals surface area contributed by atoms with Crippen molar-refractivity contribution in [3.8, 4) is 5.69 Å². The van der Waals surface area contributed by atoms with Crippen LogP contribution in [-0.4, -0.2) is 4.57 Å². The van der Waals surface area contributed by atoms with Gasteiger partial charge in [0, 0.05) is 11.1 Å². The van der Waals surface area contributed by atoms with Gasteiger partial charge < -0.3 is 4.57 Å². The lowest BCUT2D eigenvalue weighted by Gasteiger charge is -2.13. The summed E-state index contributed by atoms with van der Waals surface area (Å²) in [4.78, 5) is 12.5. The number of benzene rings is 2. The van der Waals surface area contributed by atoms with Gasteiger partial charge in [-0.15, -0.1) is 11.3 Å². The van der Waals surface area contributed by atoms with E-state index in [1.807, 2.05) is 40.3 Å². The predicted octanol–water partition coefficient (Wildman–Crippen LogP) is 4.34. The van der Waals surface area contributed by atoms with Crippen LogP contribution in [0.4, 0.5) is 4.39 Å². The number of thiophene rings is 1. The van der Waals surface area contributed by atoms with Crippen LogP contribution in [0.2, 0.25) is 0 Å². The maximum atomic E-state index is 13.2. The average molecular weight is 295 g/mol. The zero-order valence-electron chi connectivity index (χ0n) is 10.9. The molecule has 0 amide bonds. The Labute approximate surface area is 123 Å². The zero-order chi connectivity index (χ0) is 14.4. The Morgan fingerprint density at radius 1 is 0.905 bits per heavy atom. The Balaban J connectivity index is 2.24. The highest BCUT2D eigenvalue weighted by atomic mass is 32.1. The molecule has 2 aromatic heterocycles. The van der Waals surface area contributed by atoms with Gasteiger partial charge in [-0.1, -0.05) is 12.1 Å². The molecular weight excluding hydrogens is 285 g/mol. The number of para-hydroxylation sites is 1. The van der Waals surface area contributed by atoms with Gasteiger partial charge in [0.15, 0.2) is 0 Å². The molecule has 2 nitrogen and oxygen atoms in total. The van der Waals surface area contributed by atoms with Crippen LogP contribution in [0.1, 0.15) is 0 Å². The monoisotopic (exact) mass is 295 g/mol. The third kappa shape index (κ3) is 1.80. The second-order valence-electron chi connectivity index (χ2n) is 4.79. The maximum Gasteiger partial charge on any atom is 0.207 e. The molecule has 102 valence electrons. The van der Waals surface area contributed by atoms with E-state index in [1.54, 1.807) is 12.1 Å². The van der Waals surface area contributed by atoms with E-state index in [1.165, 1.54) is 23.5 Å². The number of nitrogens with zero attached hydrogens (tertiary/aromatic N) is 1. The minimum absolute atomic E-state index is 0.0500. The van der Waals surface area contributed by atoms with E-state index < -0.39 is 0 Å². The normalized spacial score (nSPS) is 11.3. The molecule has 0 spiro atoms. The number of aromatic nitrogens is 1. The molecule has 0 fully saturated rings. The third-order valence-corrected chi connectivity index (χ3v) is 4.47. The van der Waals surface area contributed by atoms with E-state index in [0.717, 1.165) is 21.4 Å². The van der Waals surface area contributed by atoms with E-state index in [9.17, 15) is 9.18 Å². The highest BCUT2D eigenvalue weighted by Gasteiger charge is 2.12. The molecule has 4 rings (SSSR count). The molecule has 2 aromatic carbocycles. The molecule has 0 atom stereocenters. The van der Waals surface area contributed by atoms with Gasteiger partial charge in [-0.25, -0.2) is 4.39 Å². The van der Waals surface area contributed by atoms with Crippen LogP contribution in [0.5, 0.6) is 0 Å². The van der Waals surface area contributed by atoms with Gasteiger partial charge in [0.2, 0.25) is 5.43 Å². The van der Waals surface area contributed by atoms with Crippen molar-refractivity contribution in [1.82, 2.24) is 4.57 Å². The molecule has 0 saturated heterocycles. The fourth-order valence-electron chi connectivity index (χ4n) is 2.63. The smallest absolute Gasteiger partial charge is 0.207 e. The number of hydrogen-bond acceptors (Lipinski definition) is 2. The summed E-state index contributed by atoms with van der Waals surface area (Å²) >= 11 is 1.43. The maximum absolute atomic E-state index is 13.2. The van der Waals surface area contributed by atoms with Gasteiger partial charge >= 0.3 is 0 Å². The van der Waals surface area contributed by atoms with E-state index >= 15 is 0 Å². The first-order chi connectivity index (χ1) is 10.3. The largest absolute Gasteiger partial charge is 0.308 e. The molecule has 0 bridgehead atoms. The van der Waals surface area contributed by atoms with Gasteiger partial charge in [0.05, 0.1) is 15.7 Å². The Bertz CT molecular complexity index is 1010. The molecule has 4 aromatic rings. The fraction of sp³-hybridized carbons (Fsp3) is 0. The lowest BCUT2D eigenvalue weighted by Crippen LogP contribution is -2.08. The highest BCUT2D eigenvalue weighted by Crippen LogP contribution is 2.26. The van der Waals surface area contributed by atoms with Gasteiger partial charge in [0.1, 0.15) is 5.82 Å². The summed E-state index contributed by atoms with van der Waals surface area (Å²) in [5.74, 6) is -0.273. The van der Waals surface area contributed by atoms with Gasteiger partial charge in [0.25, 0.3) is 0 Å². The van der Waals surface area contributed by atoms with Gasteiger partial charge in [-0.05, 0) is 47.8 Å². The van der Waals surface area contributed by atoms with Crippen LogP contribution < -0.4 is 5.43 Å². The second-order valence-corrected chi connectivity index (χ2v) is 5.71. The Morgan fingerprint density at radius 2 is 1.67 bits per heavy atom. The molecule has 0 aliphatic carbocycles. The molecule has 0 aliphatic heterocycles. The first-order valence-electron chi connectivity index (χ1n) is 6.52. The highest BCUT2D eigenvalue weighted by molar-refractivity contribution is 7.17. The van der Waals surface area contributed by atoms with E-state index in [-0.39, 0.29) is 11.2 Å². The Kier molecular flexibility index (Phi) is 2.65. The number of hydrogen-bond donors (Lipinski definition) is 0. The SMILES string of the molecule is O=c1c2ccccc2n(-c2ccc(F)cc2)c2ccsc12. The summed E-state index contributed by atoms with van der Waals surface area (Å²) < 4.78 is 15.9.